The van der Waals surface area contributed by atoms with Gasteiger partial charge in [-0.15, -0.1) is 0 Å². The molecule has 1 aliphatic rings. The van der Waals surface area contributed by atoms with E-state index in [1.54, 1.807) is 42.5 Å². The van der Waals surface area contributed by atoms with E-state index < -0.39 is 28.4 Å². The Balaban J connectivity index is 1.76. The molecule has 0 radical (unpaired) electrons. The predicted octanol–water partition coefficient (Wildman–Crippen LogP) is 2.23. The lowest BCUT2D eigenvalue weighted by molar-refractivity contribution is -0.128. The maximum atomic E-state index is 13.0. The third kappa shape index (κ3) is 4.27. The van der Waals surface area contributed by atoms with Gasteiger partial charge in [0.2, 0.25) is 5.91 Å². The molecule has 8 nitrogen and oxygen atoms in total. The van der Waals surface area contributed by atoms with Crippen LogP contribution in [0.5, 0.6) is 11.5 Å². The Morgan fingerprint density at radius 3 is 2.32 bits per heavy atom. The summed E-state index contributed by atoms with van der Waals surface area (Å²) in [6, 6.07) is 12.1. The molecule has 2 aromatic carbocycles. The SMILES string of the molecule is COc1cccc(CNC(=O)CN2C(=O)C(C)=C(c3ccc(C)cc3)S2(=O)=O)c1OC. The Hall–Kier alpha value is -3.33. The molecule has 2 aromatic rings. The van der Waals surface area contributed by atoms with Crippen LogP contribution in [0.25, 0.3) is 4.91 Å². The number of nitrogens with zero attached hydrogens (tertiary/aromatic N) is 1. The molecule has 0 spiro atoms. The van der Waals surface area contributed by atoms with E-state index in [9.17, 15) is 18.0 Å². The first-order chi connectivity index (χ1) is 14.7. The number of carbonyl (C=O) groups excluding carboxylic acids is 2. The normalized spacial score (nSPS) is 15.2. The van der Waals surface area contributed by atoms with Crippen LogP contribution in [-0.4, -0.2) is 45.3 Å². The zero-order chi connectivity index (χ0) is 22.8. The molecule has 0 unspecified atom stereocenters. The number of methoxy groups -OCH3 is 2. The van der Waals surface area contributed by atoms with Crippen molar-refractivity contribution in [1.82, 2.24) is 9.62 Å². The second-order valence-electron chi connectivity index (χ2n) is 7.07. The number of rotatable bonds is 7. The molecule has 3 rings (SSSR count). The monoisotopic (exact) mass is 444 g/mol. The van der Waals surface area contributed by atoms with Gasteiger partial charge in [-0.1, -0.05) is 42.0 Å². The van der Waals surface area contributed by atoms with E-state index in [-0.39, 0.29) is 17.0 Å². The summed E-state index contributed by atoms with van der Waals surface area (Å²) in [7, 11) is -1.14. The first-order valence-corrected chi connectivity index (χ1v) is 11.0. The number of hydrogen-bond donors (Lipinski definition) is 1. The lowest BCUT2D eigenvalue weighted by atomic mass is 10.1. The van der Waals surface area contributed by atoms with Gasteiger partial charge in [-0.2, -0.15) is 0 Å². The van der Waals surface area contributed by atoms with Gasteiger partial charge in [-0.05, 0) is 25.5 Å². The lowest BCUT2D eigenvalue weighted by Gasteiger charge is -2.17. The number of amides is 2. The quantitative estimate of drug-likeness (QED) is 0.703. The average Bonchev–Trinajstić information content (AvgIpc) is 2.91. The van der Waals surface area contributed by atoms with Crippen molar-refractivity contribution in [1.29, 1.82) is 0 Å². The van der Waals surface area contributed by atoms with Crippen molar-refractivity contribution < 1.29 is 27.5 Å². The Labute approximate surface area is 181 Å². The Morgan fingerprint density at radius 2 is 1.71 bits per heavy atom. The van der Waals surface area contributed by atoms with Gasteiger partial charge < -0.3 is 14.8 Å². The van der Waals surface area contributed by atoms with Crippen molar-refractivity contribution in [3.63, 3.8) is 0 Å². The fourth-order valence-electron chi connectivity index (χ4n) is 3.40. The van der Waals surface area contributed by atoms with Crippen LogP contribution in [0.1, 0.15) is 23.6 Å². The van der Waals surface area contributed by atoms with E-state index in [1.165, 1.54) is 21.1 Å². The highest BCUT2D eigenvalue weighted by atomic mass is 32.2. The molecule has 0 aliphatic carbocycles. The third-order valence-electron chi connectivity index (χ3n) is 5.00. The number of ether oxygens (including phenoxy) is 2. The van der Waals surface area contributed by atoms with Crippen molar-refractivity contribution in [2.24, 2.45) is 0 Å². The number of carbonyl (C=O) groups is 2. The van der Waals surface area contributed by atoms with E-state index >= 15 is 0 Å². The van der Waals surface area contributed by atoms with E-state index in [0.717, 1.165) is 5.56 Å². The molecule has 0 bridgehead atoms. The van der Waals surface area contributed by atoms with Gasteiger partial charge >= 0.3 is 0 Å². The largest absolute Gasteiger partial charge is 0.493 e. The molecular formula is C22H24N2O6S. The summed E-state index contributed by atoms with van der Waals surface area (Å²) in [5.74, 6) is -0.340. The highest BCUT2D eigenvalue weighted by Crippen LogP contribution is 2.35. The van der Waals surface area contributed by atoms with Crippen LogP contribution in [0, 0.1) is 6.92 Å². The van der Waals surface area contributed by atoms with Crippen LogP contribution in [0.15, 0.2) is 48.0 Å². The summed E-state index contributed by atoms with van der Waals surface area (Å²) in [5.41, 5.74) is 2.12. The van der Waals surface area contributed by atoms with Crippen LogP contribution in [0.2, 0.25) is 0 Å². The van der Waals surface area contributed by atoms with Crippen molar-refractivity contribution in [2.45, 2.75) is 20.4 Å². The number of aryl methyl sites for hydroxylation is 1. The van der Waals surface area contributed by atoms with Crippen molar-refractivity contribution in [3.8, 4) is 11.5 Å². The van der Waals surface area contributed by atoms with Gasteiger partial charge in [0, 0.05) is 17.7 Å². The molecule has 0 fully saturated rings. The maximum absolute atomic E-state index is 13.0. The predicted molar refractivity (Wildman–Crippen MR) is 116 cm³/mol. The summed E-state index contributed by atoms with van der Waals surface area (Å²) in [5, 5.41) is 2.64. The van der Waals surface area contributed by atoms with Crippen LogP contribution in [0.3, 0.4) is 0 Å². The molecule has 1 heterocycles. The second-order valence-corrected chi connectivity index (χ2v) is 8.87. The van der Waals surface area contributed by atoms with Gasteiger partial charge in [0.25, 0.3) is 15.9 Å². The molecule has 0 atom stereocenters. The van der Waals surface area contributed by atoms with Crippen molar-refractivity contribution >= 4 is 26.7 Å². The number of benzene rings is 2. The minimum atomic E-state index is -4.14. The highest BCUT2D eigenvalue weighted by Gasteiger charge is 2.43. The molecule has 0 saturated carbocycles. The summed E-state index contributed by atoms with van der Waals surface area (Å²) in [4.78, 5) is 25.1. The molecular weight excluding hydrogens is 420 g/mol. The van der Waals surface area contributed by atoms with Gasteiger partial charge in [-0.25, -0.2) is 12.7 Å². The van der Waals surface area contributed by atoms with Gasteiger partial charge in [0.1, 0.15) is 11.4 Å². The highest BCUT2D eigenvalue weighted by molar-refractivity contribution is 7.99. The first-order valence-electron chi connectivity index (χ1n) is 9.52. The van der Waals surface area contributed by atoms with E-state index in [0.29, 0.717) is 26.9 Å². The minimum Gasteiger partial charge on any atom is -0.493 e. The Kier molecular flexibility index (Phi) is 6.35. The van der Waals surface area contributed by atoms with Gasteiger partial charge in [0.15, 0.2) is 11.5 Å². The molecule has 2 amide bonds. The minimum absolute atomic E-state index is 0.0697. The van der Waals surface area contributed by atoms with Crippen LogP contribution >= 0.6 is 0 Å². The first kappa shape index (κ1) is 22.4. The summed E-state index contributed by atoms with van der Waals surface area (Å²) in [6.45, 7) is 2.81. The lowest BCUT2D eigenvalue weighted by Crippen LogP contribution is -2.40. The summed E-state index contributed by atoms with van der Waals surface area (Å²) < 4.78 is 37.2. The number of hydrogen-bond acceptors (Lipinski definition) is 6. The number of nitrogens with one attached hydrogen (secondary N) is 1. The molecule has 164 valence electrons. The van der Waals surface area contributed by atoms with Crippen LogP contribution in [0.4, 0.5) is 0 Å². The molecule has 1 N–H and O–H groups in total. The van der Waals surface area contributed by atoms with Gasteiger partial charge in [0.05, 0.1) is 14.2 Å². The van der Waals surface area contributed by atoms with E-state index in [4.69, 9.17) is 9.47 Å². The Bertz CT molecular complexity index is 1150. The molecule has 0 saturated heterocycles. The topological polar surface area (TPSA) is 102 Å². The third-order valence-corrected chi connectivity index (χ3v) is 6.93. The van der Waals surface area contributed by atoms with E-state index in [1.807, 2.05) is 6.92 Å². The molecule has 9 heteroatoms. The second kappa shape index (κ2) is 8.81. The molecule has 31 heavy (non-hydrogen) atoms. The maximum Gasteiger partial charge on any atom is 0.268 e. The zero-order valence-electron chi connectivity index (χ0n) is 17.8. The average molecular weight is 445 g/mol. The molecule has 0 aromatic heterocycles. The molecule has 1 aliphatic heterocycles. The van der Waals surface area contributed by atoms with Crippen molar-refractivity contribution in [2.75, 3.05) is 20.8 Å². The van der Waals surface area contributed by atoms with Crippen LogP contribution in [-0.2, 0) is 26.2 Å². The summed E-state index contributed by atoms with van der Waals surface area (Å²) in [6.07, 6.45) is 0. The fraction of sp³-hybridized carbons (Fsp3) is 0.273. The zero-order valence-corrected chi connectivity index (χ0v) is 18.6. The smallest absolute Gasteiger partial charge is 0.268 e. The standard InChI is InChI=1S/C22H24N2O6S/c1-14-8-10-16(11-9-14)21-15(2)22(26)24(31(21,27)28)13-19(25)23-12-17-6-5-7-18(29-3)20(17)30-4/h5-11H,12-13H2,1-4H3,(H,23,25). The van der Waals surface area contributed by atoms with E-state index in [2.05, 4.69) is 5.32 Å². The van der Waals surface area contributed by atoms with Gasteiger partial charge in [-0.3, -0.25) is 9.59 Å². The fourth-order valence-corrected chi connectivity index (χ4v) is 5.17. The number of para-hydroxylation sites is 1. The Morgan fingerprint density at radius 1 is 1.03 bits per heavy atom. The summed E-state index contributed by atoms with van der Waals surface area (Å²) >= 11 is 0. The number of sulfonamides is 1. The van der Waals surface area contributed by atoms with Crippen LogP contribution < -0.4 is 14.8 Å². The van der Waals surface area contributed by atoms with Crippen molar-refractivity contribution in [3.05, 3.63) is 64.7 Å².